The molecular formula is C33H28BrN3O5S. The fraction of sp³-hybridized carbons (Fsp3) is 0.212. The number of rotatable bonds is 8. The van der Waals surface area contributed by atoms with Crippen molar-refractivity contribution in [2.75, 3.05) is 13.7 Å². The highest BCUT2D eigenvalue weighted by atomic mass is 79.9. The molecule has 1 aliphatic rings. The van der Waals surface area contributed by atoms with Crippen LogP contribution in [0.25, 0.3) is 6.08 Å². The van der Waals surface area contributed by atoms with Gasteiger partial charge in [0.05, 0.1) is 51.7 Å². The van der Waals surface area contributed by atoms with Gasteiger partial charge in [0.15, 0.2) is 16.3 Å². The first kappa shape index (κ1) is 30.0. The van der Waals surface area contributed by atoms with Crippen LogP contribution in [0.4, 0.5) is 0 Å². The maximum atomic E-state index is 13.9. The van der Waals surface area contributed by atoms with Crippen LogP contribution in [0.2, 0.25) is 0 Å². The quantitative estimate of drug-likeness (QED) is 0.237. The van der Waals surface area contributed by atoms with Crippen molar-refractivity contribution in [2.45, 2.75) is 33.4 Å². The summed E-state index contributed by atoms with van der Waals surface area (Å²) in [5, 5.41) is 9.40. The number of halogens is 1. The maximum absolute atomic E-state index is 13.9. The second-order valence-electron chi connectivity index (χ2n) is 9.80. The molecule has 0 aliphatic carbocycles. The zero-order valence-electron chi connectivity index (χ0n) is 24.0. The van der Waals surface area contributed by atoms with Crippen molar-refractivity contribution in [1.82, 2.24) is 4.57 Å². The summed E-state index contributed by atoms with van der Waals surface area (Å²) in [4.78, 5) is 32.2. The Kier molecular flexibility index (Phi) is 8.94. The van der Waals surface area contributed by atoms with Crippen LogP contribution in [-0.4, -0.2) is 24.3 Å². The summed E-state index contributed by atoms with van der Waals surface area (Å²) in [5.41, 5.74) is 4.43. The van der Waals surface area contributed by atoms with Crippen LogP contribution in [0.15, 0.2) is 86.2 Å². The minimum atomic E-state index is -0.675. The lowest BCUT2D eigenvalue weighted by Crippen LogP contribution is -2.39. The molecule has 10 heteroatoms. The van der Waals surface area contributed by atoms with Crippen LogP contribution in [0.1, 0.15) is 47.7 Å². The minimum absolute atomic E-state index is 0.178. The largest absolute Gasteiger partial charge is 0.493 e. The molecule has 2 heterocycles. The van der Waals surface area contributed by atoms with Crippen LogP contribution >= 0.6 is 27.3 Å². The molecule has 0 amide bonds. The number of hydrogen-bond donors (Lipinski definition) is 0. The molecule has 8 nitrogen and oxygen atoms in total. The van der Waals surface area contributed by atoms with E-state index in [1.165, 1.54) is 18.4 Å². The Bertz CT molecular complexity index is 1970. The molecule has 1 aromatic heterocycles. The molecule has 0 radical (unpaired) electrons. The van der Waals surface area contributed by atoms with Gasteiger partial charge in [-0.2, -0.15) is 5.26 Å². The minimum Gasteiger partial charge on any atom is -0.493 e. The number of esters is 1. The van der Waals surface area contributed by atoms with Crippen molar-refractivity contribution in [3.63, 3.8) is 0 Å². The van der Waals surface area contributed by atoms with Crippen molar-refractivity contribution in [3.8, 4) is 17.6 Å². The lowest BCUT2D eigenvalue weighted by Gasteiger charge is -2.24. The molecule has 1 aliphatic heterocycles. The summed E-state index contributed by atoms with van der Waals surface area (Å²) in [6.07, 6.45) is 1.77. The lowest BCUT2D eigenvalue weighted by atomic mass is 9.95. The Morgan fingerprint density at radius 2 is 1.91 bits per heavy atom. The fourth-order valence-electron chi connectivity index (χ4n) is 4.88. The molecule has 0 fully saturated rings. The number of carbonyl (C=O) groups is 1. The molecule has 0 spiro atoms. The molecule has 0 unspecified atom stereocenters. The van der Waals surface area contributed by atoms with E-state index < -0.39 is 12.0 Å². The average Bonchev–Trinajstić information content (AvgIpc) is 3.30. The molecule has 0 bridgehead atoms. The Labute approximate surface area is 260 Å². The molecule has 4 aromatic rings. The van der Waals surface area contributed by atoms with Gasteiger partial charge in [-0.05, 0) is 72.1 Å². The molecule has 0 saturated heterocycles. The van der Waals surface area contributed by atoms with Gasteiger partial charge in [0.1, 0.15) is 6.61 Å². The highest BCUT2D eigenvalue weighted by Gasteiger charge is 2.33. The highest BCUT2D eigenvalue weighted by molar-refractivity contribution is 9.10. The SMILES string of the molecule is CCOC(=O)C1=C(C)N=c2s/c(=C/c3cc(Br)c(OCc4ccccc4C#N)c(OC)c3)c(=O)n2[C@H]1c1ccc(C)cc1. The molecule has 5 rings (SSSR count). The predicted octanol–water partition coefficient (Wildman–Crippen LogP) is 5.33. The second-order valence-corrected chi connectivity index (χ2v) is 11.7. The summed E-state index contributed by atoms with van der Waals surface area (Å²) in [5.74, 6) is 0.439. The van der Waals surface area contributed by atoms with Gasteiger partial charge in [-0.15, -0.1) is 0 Å². The molecule has 0 N–H and O–H groups in total. The number of aromatic nitrogens is 1. The van der Waals surface area contributed by atoms with Crippen LogP contribution in [0, 0.1) is 18.3 Å². The summed E-state index contributed by atoms with van der Waals surface area (Å²) < 4.78 is 19.7. The first-order valence-corrected chi connectivity index (χ1v) is 15.1. The van der Waals surface area contributed by atoms with E-state index in [0.717, 1.165) is 16.7 Å². The Hall–Kier alpha value is -4.46. The van der Waals surface area contributed by atoms with E-state index in [2.05, 4.69) is 27.0 Å². The number of nitrogens with zero attached hydrogens (tertiary/aromatic N) is 3. The number of benzene rings is 3. The van der Waals surface area contributed by atoms with Gasteiger partial charge in [0.2, 0.25) is 0 Å². The van der Waals surface area contributed by atoms with E-state index >= 15 is 0 Å². The molecule has 1 atom stereocenters. The summed E-state index contributed by atoms with van der Waals surface area (Å²) in [6.45, 7) is 5.88. The van der Waals surface area contributed by atoms with Gasteiger partial charge in [0, 0.05) is 5.56 Å². The molecule has 0 saturated carbocycles. The number of methoxy groups -OCH3 is 1. The molecule has 43 heavy (non-hydrogen) atoms. The average molecular weight is 659 g/mol. The Morgan fingerprint density at radius 3 is 2.60 bits per heavy atom. The fourth-order valence-corrected chi connectivity index (χ4v) is 6.50. The zero-order chi connectivity index (χ0) is 30.7. The second kappa shape index (κ2) is 12.8. The normalized spacial score (nSPS) is 14.5. The van der Waals surface area contributed by atoms with Crippen molar-refractivity contribution < 1.29 is 19.0 Å². The van der Waals surface area contributed by atoms with E-state index in [-0.39, 0.29) is 18.8 Å². The van der Waals surface area contributed by atoms with Crippen molar-refractivity contribution in [3.05, 3.63) is 124 Å². The standard InChI is InChI=1S/C33H28BrN3O5S/c1-5-41-32(39)28-20(3)36-33-37(29(28)22-12-10-19(2)11-13-22)31(38)27(43-33)16-21-14-25(34)30(26(15-21)40-4)42-18-24-9-7-6-8-23(24)17-35/h6-16,29H,5,18H2,1-4H3/b27-16+/t29-/m0/s1. The van der Waals surface area contributed by atoms with E-state index in [0.29, 0.717) is 47.7 Å². The Morgan fingerprint density at radius 1 is 1.16 bits per heavy atom. The monoisotopic (exact) mass is 657 g/mol. The van der Waals surface area contributed by atoms with E-state index in [1.54, 1.807) is 42.7 Å². The van der Waals surface area contributed by atoms with Gasteiger partial charge in [-0.1, -0.05) is 59.4 Å². The first-order valence-electron chi connectivity index (χ1n) is 13.5. The summed E-state index contributed by atoms with van der Waals surface area (Å²) >= 11 is 4.83. The van der Waals surface area contributed by atoms with Gasteiger partial charge >= 0.3 is 5.97 Å². The zero-order valence-corrected chi connectivity index (χ0v) is 26.4. The first-order chi connectivity index (χ1) is 20.7. The van der Waals surface area contributed by atoms with Gasteiger partial charge < -0.3 is 14.2 Å². The number of hydrogen-bond acceptors (Lipinski definition) is 8. The Balaban J connectivity index is 1.57. The molecular weight excluding hydrogens is 630 g/mol. The number of nitriles is 1. The van der Waals surface area contributed by atoms with E-state index in [9.17, 15) is 14.9 Å². The maximum Gasteiger partial charge on any atom is 0.338 e. The van der Waals surface area contributed by atoms with Crippen molar-refractivity contribution in [2.24, 2.45) is 4.99 Å². The van der Waals surface area contributed by atoms with Gasteiger partial charge in [-0.3, -0.25) is 9.36 Å². The van der Waals surface area contributed by atoms with Gasteiger partial charge in [0.25, 0.3) is 5.56 Å². The number of aryl methyl sites for hydroxylation is 1. The van der Waals surface area contributed by atoms with Crippen molar-refractivity contribution >= 4 is 39.3 Å². The third-order valence-corrected chi connectivity index (χ3v) is 8.54. The molecule has 3 aromatic carbocycles. The summed E-state index contributed by atoms with van der Waals surface area (Å²) in [7, 11) is 1.54. The van der Waals surface area contributed by atoms with Crippen LogP contribution in [-0.2, 0) is 16.1 Å². The predicted molar refractivity (Wildman–Crippen MR) is 168 cm³/mol. The lowest BCUT2D eigenvalue weighted by molar-refractivity contribution is -0.139. The van der Waals surface area contributed by atoms with Crippen LogP contribution in [0.3, 0.4) is 0 Å². The van der Waals surface area contributed by atoms with E-state index in [4.69, 9.17) is 14.2 Å². The summed E-state index contributed by atoms with van der Waals surface area (Å²) in [6, 6.07) is 20.1. The highest BCUT2D eigenvalue weighted by Crippen LogP contribution is 2.37. The number of fused-ring (bicyclic) bond motifs is 1. The smallest absolute Gasteiger partial charge is 0.338 e. The third-order valence-electron chi connectivity index (χ3n) is 6.97. The number of carbonyl (C=O) groups excluding carboxylic acids is 1. The number of ether oxygens (including phenoxy) is 3. The van der Waals surface area contributed by atoms with Gasteiger partial charge in [-0.25, -0.2) is 9.79 Å². The van der Waals surface area contributed by atoms with Crippen LogP contribution in [0.5, 0.6) is 11.5 Å². The van der Waals surface area contributed by atoms with Crippen LogP contribution < -0.4 is 24.4 Å². The van der Waals surface area contributed by atoms with Crippen molar-refractivity contribution in [1.29, 1.82) is 5.26 Å². The topological polar surface area (TPSA) is 103 Å². The van der Waals surface area contributed by atoms with E-state index in [1.807, 2.05) is 49.4 Å². The number of thiazole rings is 1. The third kappa shape index (κ3) is 6.05. The molecule has 218 valence electrons. The number of allylic oxidation sites excluding steroid dienone is 1.